The van der Waals surface area contributed by atoms with Gasteiger partial charge in [0.1, 0.15) is 0 Å². The number of sulfonamides is 1. The van der Waals surface area contributed by atoms with Gasteiger partial charge in [0.25, 0.3) is 0 Å². The van der Waals surface area contributed by atoms with Gasteiger partial charge in [-0.1, -0.05) is 50.1 Å². The Bertz CT molecular complexity index is 1110. The Morgan fingerprint density at radius 2 is 1.83 bits per heavy atom. The number of carbonyl (C=O) groups excluding carboxylic acids is 1. The zero-order valence-electron chi connectivity index (χ0n) is 16.9. The van der Waals surface area contributed by atoms with Crippen LogP contribution in [0.4, 0.5) is 5.69 Å². The third-order valence-electron chi connectivity index (χ3n) is 4.65. The van der Waals surface area contributed by atoms with Gasteiger partial charge in [0.15, 0.2) is 5.16 Å². The number of hydrogen-bond donors (Lipinski definition) is 2. The molecular weight excluding hydrogens is 420 g/mol. The van der Waals surface area contributed by atoms with E-state index in [1.807, 2.05) is 18.2 Å². The number of unbranched alkanes of at least 4 members (excludes halogenated alkanes) is 3. The van der Waals surface area contributed by atoms with Crippen LogP contribution in [-0.4, -0.2) is 29.6 Å². The van der Waals surface area contributed by atoms with Crippen LogP contribution in [0.25, 0.3) is 11.0 Å². The van der Waals surface area contributed by atoms with Crippen LogP contribution in [0, 0.1) is 0 Å². The van der Waals surface area contributed by atoms with Crippen molar-refractivity contribution in [1.82, 2.24) is 9.55 Å². The van der Waals surface area contributed by atoms with E-state index in [9.17, 15) is 13.2 Å². The summed E-state index contributed by atoms with van der Waals surface area (Å²) in [5.74, 6) is 0.0165. The highest BCUT2D eigenvalue weighted by Crippen LogP contribution is 2.25. The van der Waals surface area contributed by atoms with Crippen LogP contribution >= 0.6 is 11.8 Å². The van der Waals surface area contributed by atoms with Crippen molar-refractivity contribution in [2.75, 3.05) is 11.1 Å². The minimum atomic E-state index is -3.75. The van der Waals surface area contributed by atoms with Gasteiger partial charge in [-0.25, -0.2) is 18.5 Å². The van der Waals surface area contributed by atoms with E-state index in [0.717, 1.165) is 29.2 Å². The summed E-state index contributed by atoms with van der Waals surface area (Å²) in [4.78, 5) is 17.1. The first-order chi connectivity index (χ1) is 14.4. The molecule has 1 amide bonds. The van der Waals surface area contributed by atoms with Crippen LogP contribution in [0.1, 0.15) is 32.6 Å². The molecule has 7 nitrogen and oxygen atoms in total. The summed E-state index contributed by atoms with van der Waals surface area (Å²) < 4.78 is 24.8. The molecule has 160 valence electrons. The number of fused-ring (bicyclic) bond motifs is 1. The third kappa shape index (κ3) is 5.84. The number of rotatable bonds is 10. The Hall–Kier alpha value is -2.36. The number of benzene rings is 2. The maximum atomic E-state index is 12.4. The maximum Gasteiger partial charge on any atom is 0.238 e. The molecule has 0 spiro atoms. The van der Waals surface area contributed by atoms with Gasteiger partial charge in [0.2, 0.25) is 15.9 Å². The van der Waals surface area contributed by atoms with Crippen molar-refractivity contribution >= 4 is 44.4 Å². The summed E-state index contributed by atoms with van der Waals surface area (Å²) in [6.45, 7) is 3.06. The molecule has 0 aliphatic heterocycles. The minimum Gasteiger partial charge on any atom is -0.325 e. The summed E-state index contributed by atoms with van der Waals surface area (Å²) in [6, 6.07) is 13.8. The molecule has 9 heteroatoms. The Morgan fingerprint density at radius 1 is 1.10 bits per heavy atom. The summed E-state index contributed by atoms with van der Waals surface area (Å²) in [6.07, 6.45) is 4.64. The van der Waals surface area contributed by atoms with Gasteiger partial charge >= 0.3 is 0 Å². The SMILES string of the molecule is CCCCCCn1c(SCC(=O)Nc2ccc(S(N)(=O)=O)cc2)nc2ccccc21. The third-order valence-corrected chi connectivity index (χ3v) is 6.56. The standard InChI is InChI=1S/C21H26N4O3S2/c1-2-3-4-7-14-25-19-9-6-5-8-18(19)24-21(25)29-15-20(26)23-16-10-12-17(13-11-16)30(22,27)28/h5-6,8-13H,2-4,7,14-15H2,1H3,(H,23,26)(H2,22,27,28). The van der Waals surface area contributed by atoms with Crippen molar-refractivity contribution in [3.63, 3.8) is 0 Å². The maximum absolute atomic E-state index is 12.4. The Labute approximate surface area is 181 Å². The predicted octanol–water partition coefficient (Wildman–Crippen LogP) is 3.99. The lowest BCUT2D eigenvalue weighted by Crippen LogP contribution is -2.15. The zero-order valence-corrected chi connectivity index (χ0v) is 18.5. The smallest absolute Gasteiger partial charge is 0.238 e. The number of nitrogens with zero attached hydrogens (tertiary/aromatic N) is 2. The van der Waals surface area contributed by atoms with Crippen LogP contribution in [0.15, 0.2) is 58.6 Å². The molecule has 3 N–H and O–H groups in total. The van der Waals surface area contributed by atoms with Crippen molar-refractivity contribution in [3.8, 4) is 0 Å². The fourth-order valence-corrected chi connectivity index (χ4v) is 4.49. The normalized spacial score (nSPS) is 11.7. The number of thioether (sulfide) groups is 1. The lowest BCUT2D eigenvalue weighted by Gasteiger charge is -2.09. The lowest BCUT2D eigenvalue weighted by atomic mass is 10.2. The number of para-hydroxylation sites is 2. The molecular formula is C21H26N4O3S2. The number of aryl methyl sites for hydroxylation is 1. The van der Waals surface area contributed by atoms with E-state index in [-0.39, 0.29) is 16.6 Å². The van der Waals surface area contributed by atoms with Gasteiger partial charge in [-0.15, -0.1) is 0 Å². The van der Waals surface area contributed by atoms with Crippen molar-refractivity contribution in [2.24, 2.45) is 5.14 Å². The van der Waals surface area contributed by atoms with Crippen LogP contribution in [0.3, 0.4) is 0 Å². The second-order valence-corrected chi connectivity index (χ2v) is 9.51. The van der Waals surface area contributed by atoms with Gasteiger partial charge in [-0.2, -0.15) is 0 Å². The Morgan fingerprint density at radius 3 is 2.53 bits per heavy atom. The molecule has 30 heavy (non-hydrogen) atoms. The highest BCUT2D eigenvalue weighted by Gasteiger charge is 2.13. The molecule has 3 aromatic rings. The van der Waals surface area contributed by atoms with Gasteiger partial charge in [-0.3, -0.25) is 4.79 Å². The number of nitrogens with one attached hydrogen (secondary N) is 1. The van der Waals surface area contributed by atoms with Crippen molar-refractivity contribution < 1.29 is 13.2 Å². The predicted molar refractivity (Wildman–Crippen MR) is 121 cm³/mol. The molecule has 0 bridgehead atoms. The number of primary sulfonamides is 1. The molecule has 0 aliphatic rings. The molecule has 0 unspecified atom stereocenters. The zero-order chi connectivity index (χ0) is 21.6. The van der Waals surface area contributed by atoms with E-state index in [4.69, 9.17) is 10.1 Å². The lowest BCUT2D eigenvalue weighted by molar-refractivity contribution is -0.113. The molecule has 1 aromatic heterocycles. The van der Waals surface area contributed by atoms with Crippen molar-refractivity contribution in [2.45, 2.75) is 49.2 Å². The van der Waals surface area contributed by atoms with E-state index >= 15 is 0 Å². The van der Waals surface area contributed by atoms with E-state index in [1.54, 1.807) is 0 Å². The van der Waals surface area contributed by atoms with E-state index < -0.39 is 10.0 Å². The number of imidazole rings is 1. The average Bonchev–Trinajstić information content (AvgIpc) is 3.07. The topological polar surface area (TPSA) is 107 Å². The Kier molecular flexibility index (Phi) is 7.52. The van der Waals surface area contributed by atoms with E-state index in [2.05, 4.69) is 22.9 Å². The van der Waals surface area contributed by atoms with Crippen LogP contribution in [-0.2, 0) is 21.4 Å². The van der Waals surface area contributed by atoms with E-state index in [0.29, 0.717) is 5.69 Å². The number of amides is 1. The minimum absolute atomic E-state index is 0.00617. The number of carbonyl (C=O) groups is 1. The molecule has 0 saturated carbocycles. The molecule has 0 fully saturated rings. The highest BCUT2D eigenvalue weighted by molar-refractivity contribution is 7.99. The molecule has 0 aliphatic carbocycles. The second kappa shape index (κ2) is 10.1. The summed E-state index contributed by atoms with van der Waals surface area (Å²) in [7, 11) is -3.75. The highest BCUT2D eigenvalue weighted by atomic mass is 32.2. The second-order valence-electron chi connectivity index (χ2n) is 7.00. The monoisotopic (exact) mass is 446 g/mol. The quantitative estimate of drug-likeness (QED) is 0.362. The van der Waals surface area contributed by atoms with Gasteiger partial charge < -0.3 is 9.88 Å². The largest absolute Gasteiger partial charge is 0.325 e. The fraction of sp³-hybridized carbons (Fsp3) is 0.333. The molecule has 0 radical (unpaired) electrons. The molecule has 3 rings (SSSR count). The molecule has 2 aromatic carbocycles. The van der Waals surface area contributed by atoms with Crippen molar-refractivity contribution in [3.05, 3.63) is 48.5 Å². The van der Waals surface area contributed by atoms with Crippen LogP contribution in [0.2, 0.25) is 0 Å². The van der Waals surface area contributed by atoms with Crippen molar-refractivity contribution in [1.29, 1.82) is 0 Å². The first-order valence-corrected chi connectivity index (χ1v) is 12.4. The number of nitrogens with two attached hydrogens (primary N) is 1. The summed E-state index contributed by atoms with van der Waals surface area (Å²) >= 11 is 1.40. The Balaban J connectivity index is 1.65. The van der Waals surface area contributed by atoms with E-state index in [1.165, 1.54) is 55.3 Å². The van der Waals surface area contributed by atoms with Gasteiger partial charge in [0, 0.05) is 12.2 Å². The molecule has 1 heterocycles. The fourth-order valence-electron chi connectivity index (χ4n) is 3.13. The molecule has 0 saturated heterocycles. The van der Waals surface area contributed by atoms with Crippen LogP contribution in [0.5, 0.6) is 0 Å². The number of hydrogen-bond acceptors (Lipinski definition) is 5. The van der Waals surface area contributed by atoms with Crippen LogP contribution < -0.4 is 10.5 Å². The summed E-state index contributed by atoms with van der Waals surface area (Å²) in [5, 5.41) is 8.69. The van der Waals surface area contributed by atoms with Gasteiger partial charge in [0.05, 0.1) is 21.7 Å². The number of anilines is 1. The average molecular weight is 447 g/mol. The number of aromatic nitrogens is 2. The first kappa shape index (κ1) is 22.3. The summed E-state index contributed by atoms with van der Waals surface area (Å²) in [5.41, 5.74) is 2.52. The molecule has 0 atom stereocenters. The van der Waals surface area contributed by atoms with Gasteiger partial charge in [-0.05, 0) is 42.8 Å². The first-order valence-electron chi connectivity index (χ1n) is 9.89.